The van der Waals surface area contributed by atoms with E-state index in [-0.39, 0.29) is 5.91 Å². The third-order valence-corrected chi connectivity index (χ3v) is 4.19. The normalized spacial score (nSPS) is 13.9. The predicted octanol–water partition coefficient (Wildman–Crippen LogP) is 3.83. The number of rotatable bonds is 1. The summed E-state index contributed by atoms with van der Waals surface area (Å²) in [5.41, 5.74) is 2.70. The molecule has 2 heterocycles. The van der Waals surface area contributed by atoms with Gasteiger partial charge in [-0.15, -0.1) is 0 Å². The van der Waals surface area contributed by atoms with E-state index in [1.807, 2.05) is 53.4 Å². The number of carbonyl (C=O) groups excluding carboxylic acids is 1. The zero-order chi connectivity index (χ0) is 14.9. The van der Waals surface area contributed by atoms with Gasteiger partial charge in [0, 0.05) is 18.3 Å². The number of anilines is 1. The summed E-state index contributed by atoms with van der Waals surface area (Å²) in [4.78, 5) is 19.2. The van der Waals surface area contributed by atoms with Crippen molar-refractivity contribution in [1.29, 1.82) is 0 Å². The highest BCUT2D eigenvalue weighted by atomic mass is 16.2. The molecule has 0 fully saturated rings. The van der Waals surface area contributed by atoms with E-state index in [1.54, 1.807) is 6.20 Å². The molecule has 0 radical (unpaired) electrons. The number of hydrogen-bond acceptors (Lipinski definition) is 2. The number of pyridine rings is 1. The van der Waals surface area contributed by atoms with Gasteiger partial charge in [0.25, 0.3) is 5.91 Å². The van der Waals surface area contributed by atoms with Crippen molar-refractivity contribution >= 4 is 22.4 Å². The van der Waals surface area contributed by atoms with Crippen LogP contribution in [0.1, 0.15) is 22.5 Å². The molecule has 1 aliphatic rings. The van der Waals surface area contributed by atoms with Crippen molar-refractivity contribution in [3.8, 4) is 0 Å². The Bertz CT molecular complexity index is 857. The number of aryl methyl sites for hydroxylation is 1. The maximum Gasteiger partial charge on any atom is 0.258 e. The molecule has 0 aliphatic carbocycles. The highest BCUT2D eigenvalue weighted by molar-refractivity contribution is 6.08. The molecule has 22 heavy (non-hydrogen) atoms. The van der Waals surface area contributed by atoms with E-state index >= 15 is 0 Å². The van der Waals surface area contributed by atoms with Crippen LogP contribution in [0.4, 0.5) is 5.69 Å². The molecule has 2 aromatic carbocycles. The van der Waals surface area contributed by atoms with Crippen LogP contribution in [0.5, 0.6) is 0 Å². The van der Waals surface area contributed by atoms with Gasteiger partial charge in [-0.05, 0) is 47.9 Å². The topological polar surface area (TPSA) is 33.2 Å². The molecule has 4 rings (SSSR count). The number of nitrogens with zero attached hydrogens (tertiary/aromatic N) is 2. The zero-order valence-corrected chi connectivity index (χ0v) is 12.2. The van der Waals surface area contributed by atoms with Gasteiger partial charge >= 0.3 is 0 Å². The summed E-state index contributed by atoms with van der Waals surface area (Å²) in [6.07, 6.45) is 3.70. The lowest BCUT2D eigenvalue weighted by molar-refractivity contribution is 0.0985. The zero-order valence-electron chi connectivity index (χ0n) is 12.2. The van der Waals surface area contributed by atoms with Crippen LogP contribution in [0.2, 0.25) is 0 Å². The monoisotopic (exact) mass is 288 g/mol. The Morgan fingerprint density at radius 3 is 2.77 bits per heavy atom. The van der Waals surface area contributed by atoms with Crippen molar-refractivity contribution in [2.45, 2.75) is 12.8 Å². The number of amides is 1. The van der Waals surface area contributed by atoms with Gasteiger partial charge in [0.1, 0.15) is 0 Å². The molecule has 0 spiro atoms. The van der Waals surface area contributed by atoms with Crippen LogP contribution in [-0.4, -0.2) is 17.4 Å². The second-order valence-corrected chi connectivity index (χ2v) is 5.59. The smallest absolute Gasteiger partial charge is 0.258 e. The Morgan fingerprint density at radius 1 is 1.00 bits per heavy atom. The average molecular weight is 288 g/mol. The van der Waals surface area contributed by atoms with Crippen molar-refractivity contribution in [2.24, 2.45) is 0 Å². The van der Waals surface area contributed by atoms with Crippen molar-refractivity contribution in [3.05, 3.63) is 72.1 Å². The average Bonchev–Trinajstić information content (AvgIpc) is 2.60. The minimum Gasteiger partial charge on any atom is -0.307 e. The van der Waals surface area contributed by atoms with Crippen LogP contribution in [-0.2, 0) is 6.42 Å². The Hall–Kier alpha value is -2.68. The second-order valence-electron chi connectivity index (χ2n) is 5.59. The summed E-state index contributed by atoms with van der Waals surface area (Å²) in [6, 6.07) is 17.9. The van der Waals surface area contributed by atoms with Crippen LogP contribution < -0.4 is 4.90 Å². The first-order chi connectivity index (χ1) is 10.8. The number of fused-ring (bicyclic) bond motifs is 2. The molecule has 3 nitrogen and oxygen atoms in total. The van der Waals surface area contributed by atoms with Gasteiger partial charge in [-0.25, -0.2) is 0 Å². The summed E-state index contributed by atoms with van der Waals surface area (Å²) in [7, 11) is 0. The van der Waals surface area contributed by atoms with E-state index in [4.69, 9.17) is 0 Å². The molecule has 0 saturated carbocycles. The third-order valence-electron chi connectivity index (χ3n) is 4.19. The van der Waals surface area contributed by atoms with Crippen molar-refractivity contribution in [3.63, 3.8) is 0 Å². The Morgan fingerprint density at radius 2 is 1.86 bits per heavy atom. The van der Waals surface area contributed by atoms with Gasteiger partial charge in [-0.1, -0.05) is 30.3 Å². The van der Waals surface area contributed by atoms with E-state index in [1.165, 1.54) is 0 Å². The van der Waals surface area contributed by atoms with Crippen LogP contribution in [0.3, 0.4) is 0 Å². The molecular weight excluding hydrogens is 272 g/mol. The van der Waals surface area contributed by atoms with E-state index in [9.17, 15) is 4.79 Å². The predicted molar refractivity (Wildman–Crippen MR) is 88.2 cm³/mol. The molecule has 1 aliphatic heterocycles. The van der Waals surface area contributed by atoms with Gasteiger partial charge in [-0.2, -0.15) is 0 Å². The lowest BCUT2D eigenvalue weighted by Crippen LogP contribution is -2.35. The molecule has 0 unspecified atom stereocenters. The van der Waals surface area contributed by atoms with Crippen LogP contribution >= 0.6 is 0 Å². The maximum atomic E-state index is 12.9. The van der Waals surface area contributed by atoms with Crippen molar-refractivity contribution in [2.75, 3.05) is 11.4 Å². The Balaban J connectivity index is 1.75. The Labute approximate surface area is 129 Å². The summed E-state index contributed by atoms with van der Waals surface area (Å²) < 4.78 is 0. The van der Waals surface area contributed by atoms with Crippen LogP contribution in [0.25, 0.3) is 10.8 Å². The molecule has 108 valence electrons. The molecule has 3 aromatic rings. The number of aromatic nitrogens is 1. The largest absolute Gasteiger partial charge is 0.307 e. The summed E-state index contributed by atoms with van der Waals surface area (Å²) in [6.45, 7) is 0.754. The minimum absolute atomic E-state index is 0.0553. The van der Waals surface area contributed by atoms with Crippen molar-refractivity contribution < 1.29 is 4.79 Å². The number of benzene rings is 2. The van der Waals surface area contributed by atoms with E-state index in [0.29, 0.717) is 0 Å². The fraction of sp³-hybridized carbons (Fsp3) is 0.158. The van der Waals surface area contributed by atoms with Gasteiger partial charge in [-0.3, -0.25) is 9.78 Å². The molecule has 0 saturated heterocycles. The fourth-order valence-corrected chi connectivity index (χ4v) is 3.08. The van der Waals surface area contributed by atoms with Gasteiger partial charge < -0.3 is 4.90 Å². The van der Waals surface area contributed by atoms with E-state index in [2.05, 4.69) is 11.1 Å². The van der Waals surface area contributed by atoms with Crippen molar-refractivity contribution in [1.82, 2.24) is 4.98 Å². The molecule has 1 aromatic heterocycles. The van der Waals surface area contributed by atoms with E-state index in [0.717, 1.165) is 47.1 Å². The van der Waals surface area contributed by atoms with Crippen LogP contribution in [0, 0.1) is 0 Å². The van der Waals surface area contributed by atoms with Gasteiger partial charge in [0.05, 0.1) is 11.4 Å². The standard InChI is InChI=1S/C19H16N2O/c22-19(16-10-9-14-5-1-2-6-15(14)13-16)21-12-4-7-17-18(21)8-3-11-20-17/h1-3,5-6,8-11,13H,4,7,12H2. The molecule has 0 N–H and O–H groups in total. The molecule has 3 heteroatoms. The first-order valence-corrected chi connectivity index (χ1v) is 7.57. The summed E-state index contributed by atoms with van der Waals surface area (Å²) in [5, 5.41) is 2.25. The first kappa shape index (κ1) is 13.0. The van der Waals surface area contributed by atoms with Gasteiger partial charge in [0.15, 0.2) is 0 Å². The molecule has 0 bridgehead atoms. The number of hydrogen-bond donors (Lipinski definition) is 0. The lowest BCUT2D eigenvalue weighted by atomic mass is 10.0. The molecular formula is C19H16N2O. The highest BCUT2D eigenvalue weighted by Crippen LogP contribution is 2.27. The first-order valence-electron chi connectivity index (χ1n) is 7.57. The van der Waals surface area contributed by atoms with Crippen LogP contribution in [0.15, 0.2) is 60.8 Å². The van der Waals surface area contributed by atoms with E-state index < -0.39 is 0 Å². The Kier molecular flexibility index (Phi) is 3.11. The highest BCUT2D eigenvalue weighted by Gasteiger charge is 2.24. The molecule has 0 atom stereocenters. The second kappa shape index (κ2) is 5.26. The molecule has 1 amide bonds. The third kappa shape index (κ3) is 2.15. The summed E-state index contributed by atoms with van der Waals surface area (Å²) in [5.74, 6) is 0.0553. The summed E-state index contributed by atoms with van der Waals surface area (Å²) >= 11 is 0. The lowest BCUT2D eigenvalue weighted by Gasteiger charge is -2.28. The minimum atomic E-state index is 0.0553. The fourth-order valence-electron chi connectivity index (χ4n) is 3.08. The number of carbonyl (C=O) groups is 1. The van der Waals surface area contributed by atoms with Gasteiger partial charge in [0.2, 0.25) is 0 Å². The maximum absolute atomic E-state index is 12.9. The quantitative estimate of drug-likeness (QED) is 0.682. The SMILES string of the molecule is O=C(c1ccc2ccccc2c1)N1CCCc2ncccc21.